The molecule has 3 aromatic rings. The van der Waals surface area contributed by atoms with Crippen LogP contribution >= 0.6 is 0 Å². The maximum absolute atomic E-state index is 12.8. The van der Waals surface area contributed by atoms with E-state index in [4.69, 9.17) is 4.52 Å². The molecule has 8 nitrogen and oxygen atoms in total. The van der Waals surface area contributed by atoms with E-state index >= 15 is 0 Å². The van der Waals surface area contributed by atoms with E-state index in [0.717, 1.165) is 19.6 Å². The first kappa shape index (κ1) is 18.1. The third-order valence-electron chi connectivity index (χ3n) is 4.65. The maximum Gasteiger partial charge on any atom is 0.272 e. The fourth-order valence-corrected chi connectivity index (χ4v) is 3.19. The lowest BCUT2D eigenvalue weighted by molar-refractivity contribution is 0.0622. The molecule has 1 aliphatic rings. The van der Waals surface area contributed by atoms with Crippen LogP contribution in [-0.4, -0.2) is 57.0 Å². The van der Waals surface area contributed by atoms with Crippen LogP contribution in [-0.2, 0) is 6.54 Å². The highest BCUT2D eigenvalue weighted by molar-refractivity contribution is 5.92. The molecule has 0 unspecified atom stereocenters. The number of carbonyl (C=O) groups excluding carboxylic acids is 1. The first-order valence-electron chi connectivity index (χ1n) is 9.26. The molecule has 144 valence electrons. The number of carbonyl (C=O) groups is 1. The summed E-state index contributed by atoms with van der Waals surface area (Å²) in [6, 6.07) is 13.8. The molecule has 8 heteroatoms. The fraction of sp³-hybridized carbons (Fsp3) is 0.300. The van der Waals surface area contributed by atoms with Gasteiger partial charge < -0.3 is 14.7 Å². The molecule has 0 radical (unpaired) electrons. The van der Waals surface area contributed by atoms with E-state index in [-0.39, 0.29) is 5.91 Å². The number of amides is 1. The molecule has 4 rings (SSSR count). The van der Waals surface area contributed by atoms with Gasteiger partial charge in [0.05, 0.1) is 0 Å². The van der Waals surface area contributed by atoms with Gasteiger partial charge in [0.25, 0.3) is 5.91 Å². The number of hydrogen-bond donors (Lipinski definition) is 1. The Balaban J connectivity index is 1.35. The number of aryl methyl sites for hydroxylation is 1. The van der Waals surface area contributed by atoms with Crippen LogP contribution in [0.4, 0.5) is 11.8 Å². The van der Waals surface area contributed by atoms with Crippen molar-refractivity contribution < 1.29 is 9.32 Å². The Morgan fingerprint density at radius 1 is 1.14 bits per heavy atom. The summed E-state index contributed by atoms with van der Waals surface area (Å²) in [4.78, 5) is 25.5. The van der Waals surface area contributed by atoms with E-state index in [9.17, 15) is 4.79 Å². The van der Waals surface area contributed by atoms with Gasteiger partial charge in [0.15, 0.2) is 5.82 Å². The number of hydrogen-bond acceptors (Lipinski definition) is 7. The van der Waals surface area contributed by atoms with Crippen molar-refractivity contribution in [2.75, 3.05) is 31.5 Å². The summed E-state index contributed by atoms with van der Waals surface area (Å²) in [6.07, 6.45) is 1.57. The third kappa shape index (κ3) is 4.34. The Morgan fingerprint density at radius 3 is 2.64 bits per heavy atom. The number of nitrogens with one attached hydrogen (secondary N) is 1. The van der Waals surface area contributed by atoms with Crippen LogP contribution in [0.2, 0.25) is 0 Å². The first-order chi connectivity index (χ1) is 13.7. The zero-order chi connectivity index (χ0) is 19.3. The van der Waals surface area contributed by atoms with E-state index in [1.54, 1.807) is 25.3 Å². The third-order valence-corrected chi connectivity index (χ3v) is 4.65. The summed E-state index contributed by atoms with van der Waals surface area (Å²) in [5.74, 6) is 1.43. The van der Waals surface area contributed by atoms with Crippen molar-refractivity contribution >= 4 is 17.7 Å². The van der Waals surface area contributed by atoms with E-state index in [1.165, 1.54) is 5.56 Å². The highest BCUT2D eigenvalue weighted by atomic mass is 16.5. The minimum Gasteiger partial charge on any atom is -0.360 e. The van der Waals surface area contributed by atoms with Crippen molar-refractivity contribution in [1.29, 1.82) is 0 Å². The molecule has 0 atom stereocenters. The summed E-state index contributed by atoms with van der Waals surface area (Å²) in [6.45, 7) is 5.75. The van der Waals surface area contributed by atoms with Gasteiger partial charge in [-0.25, -0.2) is 9.97 Å². The topological polar surface area (TPSA) is 87.4 Å². The molecule has 0 spiro atoms. The van der Waals surface area contributed by atoms with Gasteiger partial charge in [-0.05, 0) is 18.6 Å². The molecule has 1 saturated heterocycles. The van der Waals surface area contributed by atoms with Gasteiger partial charge in [0.1, 0.15) is 11.5 Å². The molecule has 3 heterocycles. The molecule has 1 aliphatic heterocycles. The molecular formula is C20H22N6O2. The molecule has 28 heavy (non-hydrogen) atoms. The second kappa shape index (κ2) is 8.18. The summed E-state index contributed by atoms with van der Waals surface area (Å²) in [7, 11) is 0. The van der Waals surface area contributed by atoms with Crippen molar-refractivity contribution in [3.05, 3.63) is 65.7 Å². The summed E-state index contributed by atoms with van der Waals surface area (Å²) < 4.78 is 5.01. The minimum atomic E-state index is -0.0823. The molecule has 2 aromatic heterocycles. The van der Waals surface area contributed by atoms with Crippen LogP contribution in [0.3, 0.4) is 0 Å². The van der Waals surface area contributed by atoms with Crippen LogP contribution < -0.4 is 5.32 Å². The normalized spacial score (nSPS) is 14.8. The van der Waals surface area contributed by atoms with Gasteiger partial charge in [-0.2, -0.15) is 0 Å². The molecule has 1 amide bonds. The Hall–Kier alpha value is -3.26. The van der Waals surface area contributed by atoms with Crippen molar-refractivity contribution in [3.8, 4) is 0 Å². The van der Waals surface area contributed by atoms with Crippen LogP contribution in [0, 0.1) is 6.92 Å². The van der Waals surface area contributed by atoms with E-state index in [0.29, 0.717) is 36.3 Å². The molecule has 0 saturated carbocycles. The predicted molar refractivity (Wildman–Crippen MR) is 104 cm³/mol. The predicted octanol–water partition coefficient (Wildman–Crippen LogP) is 2.47. The van der Waals surface area contributed by atoms with Crippen molar-refractivity contribution in [3.63, 3.8) is 0 Å². The van der Waals surface area contributed by atoms with Crippen molar-refractivity contribution in [1.82, 2.24) is 24.9 Å². The number of piperazine rings is 1. The molecule has 0 bridgehead atoms. The lowest BCUT2D eigenvalue weighted by Crippen LogP contribution is -2.48. The van der Waals surface area contributed by atoms with Gasteiger partial charge in [0.2, 0.25) is 5.95 Å². The van der Waals surface area contributed by atoms with Gasteiger partial charge in [-0.1, -0.05) is 35.5 Å². The largest absolute Gasteiger partial charge is 0.360 e. The molecule has 1 N–H and O–H groups in total. The Bertz CT molecular complexity index is 935. The monoisotopic (exact) mass is 378 g/mol. The number of aromatic nitrogens is 3. The Morgan fingerprint density at radius 2 is 1.93 bits per heavy atom. The molecular weight excluding hydrogens is 356 g/mol. The standard InChI is InChI=1S/C20H22N6O2/c1-15-13-18(24-28-15)23-20-21-8-7-17(22-20)19(27)26-11-9-25(10-12-26)14-16-5-3-2-4-6-16/h2-8,13H,9-12,14H2,1H3,(H,21,22,23,24). The smallest absolute Gasteiger partial charge is 0.272 e. The van der Waals surface area contributed by atoms with Gasteiger partial charge in [-0.3, -0.25) is 9.69 Å². The summed E-state index contributed by atoms with van der Waals surface area (Å²) in [5, 5.41) is 6.80. The molecule has 0 aliphatic carbocycles. The maximum atomic E-state index is 12.8. The zero-order valence-corrected chi connectivity index (χ0v) is 15.7. The average molecular weight is 378 g/mol. The first-order valence-corrected chi connectivity index (χ1v) is 9.26. The van der Waals surface area contributed by atoms with Gasteiger partial charge >= 0.3 is 0 Å². The molecule has 1 aromatic carbocycles. The molecule has 1 fully saturated rings. The average Bonchev–Trinajstić information content (AvgIpc) is 3.13. The SMILES string of the molecule is Cc1cc(Nc2nccc(C(=O)N3CCN(Cc4ccccc4)CC3)n2)no1. The minimum absolute atomic E-state index is 0.0823. The van der Waals surface area contributed by atoms with Crippen LogP contribution in [0.25, 0.3) is 0 Å². The zero-order valence-electron chi connectivity index (χ0n) is 15.7. The van der Waals surface area contributed by atoms with Crippen LogP contribution in [0.5, 0.6) is 0 Å². The van der Waals surface area contributed by atoms with E-state index in [2.05, 4.69) is 49.6 Å². The fourth-order valence-electron chi connectivity index (χ4n) is 3.19. The van der Waals surface area contributed by atoms with Crippen LogP contribution in [0.1, 0.15) is 21.8 Å². The summed E-state index contributed by atoms with van der Waals surface area (Å²) in [5.41, 5.74) is 1.66. The highest BCUT2D eigenvalue weighted by Gasteiger charge is 2.23. The summed E-state index contributed by atoms with van der Waals surface area (Å²) >= 11 is 0. The number of benzene rings is 1. The van der Waals surface area contributed by atoms with Crippen molar-refractivity contribution in [2.24, 2.45) is 0 Å². The van der Waals surface area contributed by atoms with Gasteiger partial charge in [0, 0.05) is 45.0 Å². The number of nitrogens with zero attached hydrogens (tertiary/aromatic N) is 5. The van der Waals surface area contributed by atoms with Crippen LogP contribution in [0.15, 0.2) is 53.2 Å². The number of anilines is 2. The lowest BCUT2D eigenvalue weighted by atomic mass is 10.2. The van der Waals surface area contributed by atoms with Crippen molar-refractivity contribution in [2.45, 2.75) is 13.5 Å². The number of rotatable bonds is 5. The second-order valence-electron chi connectivity index (χ2n) is 6.77. The Kier molecular flexibility index (Phi) is 5.29. The highest BCUT2D eigenvalue weighted by Crippen LogP contribution is 2.14. The Labute approximate surface area is 163 Å². The van der Waals surface area contributed by atoms with E-state index < -0.39 is 0 Å². The second-order valence-corrected chi connectivity index (χ2v) is 6.77. The van der Waals surface area contributed by atoms with Gasteiger partial charge in [-0.15, -0.1) is 0 Å². The lowest BCUT2D eigenvalue weighted by Gasteiger charge is -2.34. The van der Waals surface area contributed by atoms with E-state index in [1.807, 2.05) is 11.0 Å². The quantitative estimate of drug-likeness (QED) is 0.730.